The number of rotatable bonds is 5. The molecule has 2 atom stereocenters. The first-order chi connectivity index (χ1) is 8.17. The molecule has 1 saturated carbocycles. The molecule has 0 heterocycles. The van der Waals surface area contributed by atoms with Crippen LogP contribution in [-0.4, -0.2) is 31.7 Å². The van der Waals surface area contributed by atoms with E-state index in [0.29, 0.717) is 13.1 Å². The van der Waals surface area contributed by atoms with Crippen LogP contribution in [0.15, 0.2) is 5.11 Å². The lowest BCUT2D eigenvalue weighted by atomic mass is 9.73. The summed E-state index contributed by atoms with van der Waals surface area (Å²) in [6.45, 7) is 2.92. The largest absolute Gasteiger partial charge is 0.468 e. The van der Waals surface area contributed by atoms with Crippen molar-refractivity contribution in [1.82, 2.24) is 5.32 Å². The topological polar surface area (TPSA) is 87.1 Å². The second-order valence-corrected chi connectivity index (χ2v) is 4.49. The van der Waals surface area contributed by atoms with Crippen molar-refractivity contribution in [3.8, 4) is 0 Å². The molecule has 0 bridgehead atoms. The fourth-order valence-electron chi connectivity index (χ4n) is 2.54. The van der Waals surface area contributed by atoms with Crippen LogP contribution in [0.1, 0.15) is 32.6 Å². The summed E-state index contributed by atoms with van der Waals surface area (Å²) in [7, 11) is 1.42. The minimum Gasteiger partial charge on any atom is -0.468 e. The summed E-state index contributed by atoms with van der Waals surface area (Å²) < 4.78 is 4.92. The summed E-state index contributed by atoms with van der Waals surface area (Å²) in [6.07, 6.45) is 3.98. The fraction of sp³-hybridized carbons (Fsp3) is 0.909. The molecule has 0 spiro atoms. The molecule has 1 fully saturated rings. The number of esters is 1. The van der Waals surface area contributed by atoms with Gasteiger partial charge < -0.3 is 10.1 Å². The summed E-state index contributed by atoms with van der Waals surface area (Å²) in [5, 5.41) is 6.69. The van der Waals surface area contributed by atoms with E-state index in [1.54, 1.807) is 0 Å². The Kier molecular flexibility index (Phi) is 5.25. The maximum absolute atomic E-state index is 12.0. The second kappa shape index (κ2) is 6.47. The standard InChI is InChI=1S/C11H20N4O2/c1-9-5-3-4-6-11(9,10(16)17-2)13-7-8-14-15-12/h9,13H,3-8H2,1-2H3. The molecule has 17 heavy (non-hydrogen) atoms. The fourth-order valence-corrected chi connectivity index (χ4v) is 2.54. The molecule has 0 aromatic heterocycles. The Bertz CT molecular complexity index is 315. The van der Waals surface area contributed by atoms with Crippen molar-refractivity contribution in [1.29, 1.82) is 0 Å². The molecule has 0 saturated heterocycles. The van der Waals surface area contributed by atoms with Crippen LogP contribution in [0, 0.1) is 5.92 Å². The van der Waals surface area contributed by atoms with Gasteiger partial charge in [-0.15, -0.1) is 0 Å². The number of hydrogen-bond acceptors (Lipinski definition) is 4. The van der Waals surface area contributed by atoms with Gasteiger partial charge >= 0.3 is 5.97 Å². The molecule has 6 nitrogen and oxygen atoms in total. The number of carbonyl (C=O) groups is 1. The lowest BCUT2D eigenvalue weighted by Crippen LogP contribution is -2.59. The van der Waals surface area contributed by atoms with E-state index in [1.165, 1.54) is 7.11 Å². The third-order valence-electron chi connectivity index (χ3n) is 3.56. The molecule has 1 rings (SSSR count). The van der Waals surface area contributed by atoms with E-state index in [4.69, 9.17) is 10.3 Å². The number of nitrogens with one attached hydrogen (secondary N) is 1. The summed E-state index contributed by atoms with van der Waals surface area (Å²) in [4.78, 5) is 14.7. The van der Waals surface area contributed by atoms with Gasteiger partial charge in [-0.1, -0.05) is 24.9 Å². The number of nitrogens with zero attached hydrogens (tertiary/aromatic N) is 3. The molecular formula is C11H20N4O2. The minimum atomic E-state index is -0.599. The third-order valence-corrected chi connectivity index (χ3v) is 3.56. The van der Waals surface area contributed by atoms with Gasteiger partial charge in [0.1, 0.15) is 5.54 Å². The predicted molar refractivity (Wildman–Crippen MR) is 64.4 cm³/mol. The second-order valence-electron chi connectivity index (χ2n) is 4.49. The van der Waals surface area contributed by atoms with Crippen molar-refractivity contribution in [2.75, 3.05) is 20.2 Å². The zero-order chi connectivity index (χ0) is 12.7. The minimum absolute atomic E-state index is 0.203. The van der Waals surface area contributed by atoms with Gasteiger partial charge in [-0.05, 0) is 24.3 Å². The smallest absolute Gasteiger partial charge is 0.326 e. The Hall–Kier alpha value is -1.26. The van der Waals surface area contributed by atoms with E-state index in [2.05, 4.69) is 22.3 Å². The summed E-state index contributed by atoms with van der Waals surface area (Å²) in [6, 6.07) is 0. The number of azide groups is 1. The molecule has 0 amide bonds. The van der Waals surface area contributed by atoms with Crippen LogP contribution in [-0.2, 0) is 9.53 Å². The monoisotopic (exact) mass is 240 g/mol. The van der Waals surface area contributed by atoms with Crippen LogP contribution >= 0.6 is 0 Å². The highest BCUT2D eigenvalue weighted by Crippen LogP contribution is 2.34. The Morgan fingerprint density at radius 2 is 2.41 bits per heavy atom. The van der Waals surface area contributed by atoms with Crippen molar-refractivity contribution in [2.45, 2.75) is 38.1 Å². The molecule has 0 aliphatic heterocycles. The Balaban J connectivity index is 2.70. The maximum Gasteiger partial charge on any atom is 0.326 e. The van der Waals surface area contributed by atoms with Crippen LogP contribution in [0.4, 0.5) is 0 Å². The Morgan fingerprint density at radius 1 is 1.65 bits per heavy atom. The van der Waals surface area contributed by atoms with Gasteiger partial charge in [0.15, 0.2) is 0 Å². The molecule has 0 aromatic carbocycles. The molecule has 96 valence electrons. The molecule has 6 heteroatoms. The molecule has 0 radical (unpaired) electrons. The molecule has 1 aliphatic rings. The average Bonchev–Trinajstić information content (AvgIpc) is 2.36. The lowest BCUT2D eigenvalue weighted by Gasteiger charge is -2.40. The van der Waals surface area contributed by atoms with E-state index in [1.807, 2.05) is 0 Å². The van der Waals surface area contributed by atoms with Gasteiger partial charge in [-0.3, -0.25) is 4.79 Å². The van der Waals surface area contributed by atoms with E-state index in [0.717, 1.165) is 25.7 Å². The Morgan fingerprint density at radius 3 is 3.00 bits per heavy atom. The molecule has 0 aromatic rings. The van der Waals surface area contributed by atoms with Crippen LogP contribution in [0.2, 0.25) is 0 Å². The first kappa shape index (κ1) is 13.8. The summed E-state index contributed by atoms with van der Waals surface area (Å²) >= 11 is 0. The maximum atomic E-state index is 12.0. The molecule has 2 unspecified atom stereocenters. The zero-order valence-corrected chi connectivity index (χ0v) is 10.5. The van der Waals surface area contributed by atoms with Crippen molar-refractivity contribution >= 4 is 5.97 Å². The van der Waals surface area contributed by atoms with Crippen LogP contribution in [0.5, 0.6) is 0 Å². The SMILES string of the molecule is COC(=O)C1(NCCN=[N+]=[N-])CCCCC1C. The van der Waals surface area contributed by atoms with E-state index >= 15 is 0 Å². The quantitative estimate of drug-likeness (QED) is 0.262. The van der Waals surface area contributed by atoms with E-state index in [9.17, 15) is 4.79 Å². The molecule has 1 aliphatic carbocycles. The predicted octanol–water partition coefficient (Wildman–Crippen LogP) is 2.01. The van der Waals surface area contributed by atoms with Crippen LogP contribution < -0.4 is 5.32 Å². The number of methoxy groups -OCH3 is 1. The number of hydrogen-bond donors (Lipinski definition) is 1. The van der Waals surface area contributed by atoms with Gasteiger partial charge in [0, 0.05) is 18.0 Å². The van der Waals surface area contributed by atoms with Crippen molar-refractivity contribution in [2.24, 2.45) is 11.0 Å². The zero-order valence-electron chi connectivity index (χ0n) is 10.5. The highest BCUT2D eigenvalue weighted by Gasteiger charge is 2.45. The van der Waals surface area contributed by atoms with Gasteiger partial charge in [-0.25, -0.2) is 0 Å². The molecular weight excluding hydrogens is 220 g/mol. The number of carbonyl (C=O) groups excluding carboxylic acids is 1. The highest BCUT2D eigenvalue weighted by atomic mass is 16.5. The first-order valence-corrected chi connectivity index (χ1v) is 6.01. The van der Waals surface area contributed by atoms with Gasteiger partial charge in [0.2, 0.25) is 0 Å². The molecule has 1 N–H and O–H groups in total. The van der Waals surface area contributed by atoms with Gasteiger partial charge in [0.25, 0.3) is 0 Å². The number of ether oxygens (including phenoxy) is 1. The summed E-state index contributed by atoms with van der Waals surface area (Å²) in [5.74, 6) is 0.0420. The van der Waals surface area contributed by atoms with Crippen LogP contribution in [0.25, 0.3) is 10.4 Å². The summed E-state index contributed by atoms with van der Waals surface area (Å²) in [5.41, 5.74) is 7.61. The van der Waals surface area contributed by atoms with Gasteiger partial charge in [0.05, 0.1) is 7.11 Å². The normalized spacial score (nSPS) is 28.2. The average molecular weight is 240 g/mol. The third kappa shape index (κ3) is 3.11. The van der Waals surface area contributed by atoms with Crippen molar-refractivity contribution in [3.05, 3.63) is 10.4 Å². The van der Waals surface area contributed by atoms with Gasteiger partial charge in [-0.2, -0.15) is 0 Å². The lowest BCUT2D eigenvalue weighted by molar-refractivity contribution is -0.152. The van der Waals surface area contributed by atoms with E-state index < -0.39 is 5.54 Å². The van der Waals surface area contributed by atoms with Crippen molar-refractivity contribution < 1.29 is 9.53 Å². The van der Waals surface area contributed by atoms with E-state index in [-0.39, 0.29) is 11.9 Å². The van der Waals surface area contributed by atoms with Crippen molar-refractivity contribution in [3.63, 3.8) is 0 Å². The Labute approximate surface area is 101 Å². The highest BCUT2D eigenvalue weighted by molar-refractivity contribution is 5.81. The van der Waals surface area contributed by atoms with Crippen LogP contribution in [0.3, 0.4) is 0 Å². The first-order valence-electron chi connectivity index (χ1n) is 6.01.